The number of para-hydroxylation sites is 1. The van der Waals surface area contributed by atoms with Gasteiger partial charge in [0.15, 0.2) is 0 Å². The number of ether oxygens (including phenoxy) is 2. The van der Waals surface area contributed by atoms with Gasteiger partial charge in [0.2, 0.25) is 5.88 Å². The minimum absolute atomic E-state index is 0.0278. The first-order valence-electron chi connectivity index (χ1n) is 8.48. The maximum Gasteiger partial charge on any atom is 0.433 e. The lowest BCUT2D eigenvalue weighted by molar-refractivity contribution is -0.141. The number of benzene rings is 1. The maximum atomic E-state index is 12.7. The van der Waals surface area contributed by atoms with Crippen molar-refractivity contribution in [2.24, 2.45) is 5.92 Å². The van der Waals surface area contributed by atoms with E-state index in [1.165, 1.54) is 19.2 Å². The molecule has 1 atom stereocenters. The second-order valence-corrected chi connectivity index (χ2v) is 6.28. The molecule has 144 valence electrons. The summed E-state index contributed by atoms with van der Waals surface area (Å²) in [6, 6.07) is 10.5. The van der Waals surface area contributed by atoms with Crippen LogP contribution < -0.4 is 9.47 Å². The molecule has 0 saturated carbocycles. The molecule has 8 heteroatoms. The van der Waals surface area contributed by atoms with Crippen LogP contribution in [0.15, 0.2) is 42.5 Å². The van der Waals surface area contributed by atoms with Gasteiger partial charge in [0.1, 0.15) is 11.4 Å². The predicted molar refractivity (Wildman–Crippen MR) is 91.7 cm³/mol. The Kier molecular flexibility index (Phi) is 5.53. The van der Waals surface area contributed by atoms with Crippen molar-refractivity contribution < 1.29 is 27.4 Å². The van der Waals surface area contributed by atoms with Crippen LogP contribution in [-0.4, -0.2) is 42.6 Å². The summed E-state index contributed by atoms with van der Waals surface area (Å²) in [7, 11) is 1.51. The summed E-state index contributed by atoms with van der Waals surface area (Å²) in [5, 5.41) is 0. The van der Waals surface area contributed by atoms with Crippen molar-refractivity contribution in [3.8, 4) is 11.6 Å². The number of amides is 1. The number of carbonyl (C=O) groups is 1. The zero-order valence-corrected chi connectivity index (χ0v) is 14.7. The Morgan fingerprint density at radius 2 is 2.00 bits per heavy atom. The Hall–Kier alpha value is -2.77. The number of likely N-dealkylation sites (tertiary alicyclic amines) is 1. The van der Waals surface area contributed by atoms with Gasteiger partial charge < -0.3 is 14.4 Å². The monoisotopic (exact) mass is 380 g/mol. The number of aromatic nitrogens is 1. The van der Waals surface area contributed by atoms with Gasteiger partial charge in [0.05, 0.1) is 19.3 Å². The number of alkyl halides is 3. The highest BCUT2D eigenvalue weighted by Crippen LogP contribution is 2.29. The first-order valence-corrected chi connectivity index (χ1v) is 8.48. The van der Waals surface area contributed by atoms with Crippen LogP contribution in [0.1, 0.15) is 22.5 Å². The van der Waals surface area contributed by atoms with Crippen LogP contribution >= 0.6 is 0 Å². The molecule has 3 rings (SSSR count). The quantitative estimate of drug-likeness (QED) is 0.795. The Morgan fingerprint density at radius 1 is 1.22 bits per heavy atom. The van der Waals surface area contributed by atoms with Crippen molar-refractivity contribution in [1.29, 1.82) is 0 Å². The lowest BCUT2D eigenvalue weighted by Crippen LogP contribution is -2.29. The topological polar surface area (TPSA) is 51.7 Å². The van der Waals surface area contributed by atoms with Crippen molar-refractivity contribution in [2.45, 2.75) is 12.6 Å². The zero-order chi connectivity index (χ0) is 19.4. The van der Waals surface area contributed by atoms with E-state index in [4.69, 9.17) is 9.47 Å². The Morgan fingerprint density at radius 3 is 2.74 bits per heavy atom. The third-order valence-electron chi connectivity index (χ3n) is 4.39. The van der Waals surface area contributed by atoms with Gasteiger partial charge in [-0.2, -0.15) is 13.2 Å². The second-order valence-electron chi connectivity index (χ2n) is 6.28. The number of rotatable bonds is 5. The molecule has 0 radical (unpaired) electrons. The predicted octanol–water partition coefficient (Wildman–Crippen LogP) is 3.65. The maximum absolute atomic E-state index is 12.7. The fraction of sp³-hybridized carbons (Fsp3) is 0.368. The molecule has 1 aliphatic heterocycles. The molecule has 2 aromatic rings. The highest BCUT2D eigenvalue weighted by molar-refractivity contribution is 5.97. The van der Waals surface area contributed by atoms with Crippen LogP contribution in [0.3, 0.4) is 0 Å². The van der Waals surface area contributed by atoms with Gasteiger partial charge in [0.25, 0.3) is 5.91 Å². The van der Waals surface area contributed by atoms with Crippen molar-refractivity contribution in [2.75, 3.05) is 26.8 Å². The van der Waals surface area contributed by atoms with E-state index in [0.29, 0.717) is 30.8 Å². The Labute approximate surface area is 154 Å². The molecule has 1 amide bonds. The van der Waals surface area contributed by atoms with E-state index in [9.17, 15) is 18.0 Å². The molecule has 1 aromatic carbocycles. The normalized spacial score (nSPS) is 17.0. The number of pyridine rings is 1. The van der Waals surface area contributed by atoms with Crippen LogP contribution in [0.25, 0.3) is 0 Å². The van der Waals surface area contributed by atoms with Gasteiger partial charge in [-0.3, -0.25) is 4.79 Å². The molecule has 0 bridgehead atoms. The van der Waals surface area contributed by atoms with E-state index in [1.807, 2.05) is 0 Å². The highest BCUT2D eigenvalue weighted by atomic mass is 19.4. The van der Waals surface area contributed by atoms with Crippen molar-refractivity contribution in [1.82, 2.24) is 9.88 Å². The van der Waals surface area contributed by atoms with Gasteiger partial charge >= 0.3 is 6.18 Å². The second kappa shape index (κ2) is 7.85. The number of nitrogens with zero attached hydrogens (tertiary/aromatic N) is 2. The molecule has 1 aliphatic rings. The number of hydrogen-bond acceptors (Lipinski definition) is 4. The summed E-state index contributed by atoms with van der Waals surface area (Å²) >= 11 is 0. The minimum Gasteiger partial charge on any atom is -0.496 e. The first-order chi connectivity index (χ1) is 12.9. The van der Waals surface area contributed by atoms with Crippen LogP contribution in [0.5, 0.6) is 11.6 Å². The van der Waals surface area contributed by atoms with Crippen LogP contribution in [-0.2, 0) is 6.18 Å². The Balaban J connectivity index is 1.58. The lowest BCUT2D eigenvalue weighted by atomic mass is 10.1. The van der Waals surface area contributed by atoms with Crippen LogP contribution in [0.2, 0.25) is 0 Å². The van der Waals surface area contributed by atoms with Crippen molar-refractivity contribution in [3.05, 3.63) is 53.7 Å². The first kappa shape index (κ1) is 19.0. The van der Waals surface area contributed by atoms with E-state index in [0.717, 1.165) is 6.07 Å². The molecule has 1 saturated heterocycles. The summed E-state index contributed by atoms with van der Waals surface area (Å²) in [6.45, 7) is 1.22. The molecule has 27 heavy (non-hydrogen) atoms. The SMILES string of the molecule is COc1ccccc1C(=O)N1CCC(COc2cccc(C(F)(F)F)n2)C1. The number of hydrogen-bond donors (Lipinski definition) is 0. The van der Waals surface area contributed by atoms with Gasteiger partial charge in [-0.15, -0.1) is 0 Å². The van der Waals surface area contributed by atoms with Gasteiger partial charge in [-0.05, 0) is 24.6 Å². The lowest BCUT2D eigenvalue weighted by Gasteiger charge is -2.18. The van der Waals surface area contributed by atoms with E-state index in [-0.39, 0.29) is 24.3 Å². The Bertz CT molecular complexity index is 811. The molecule has 5 nitrogen and oxygen atoms in total. The summed E-state index contributed by atoms with van der Waals surface area (Å²) in [6.07, 6.45) is -3.80. The van der Waals surface area contributed by atoms with E-state index < -0.39 is 11.9 Å². The molecule has 1 unspecified atom stereocenters. The third-order valence-corrected chi connectivity index (χ3v) is 4.39. The summed E-state index contributed by atoms with van der Waals surface area (Å²) in [4.78, 5) is 17.9. The smallest absolute Gasteiger partial charge is 0.433 e. The van der Waals surface area contributed by atoms with E-state index >= 15 is 0 Å². The van der Waals surface area contributed by atoms with Crippen molar-refractivity contribution in [3.63, 3.8) is 0 Å². The number of halogens is 3. The molecule has 1 fully saturated rings. The van der Waals surface area contributed by atoms with Crippen LogP contribution in [0, 0.1) is 5.92 Å². The molecule has 0 N–H and O–H groups in total. The molecule has 1 aromatic heterocycles. The fourth-order valence-electron chi connectivity index (χ4n) is 3.00. The van der Waals surface area contributed by atoms with Gasteiger partial charge in [0, 0.05) is 25.1 Å². The third kappa shape index (κ3) is 4.50. The fourth-order valence-corrected chi connectivity index (χ4v) is 3.00. The minimum atomic E-state index is -4.51. The van der Waals surface area contributed by atoms with E-state index in [2.05, 4.69) is 4.98 Å². The van der Waals surface area contributed by atoms with E-state index in [1.54, 1.807) is 29.2 Å². The highest BCUT2D eigenvalue weighted by Gasteiger charge is 2.33. The molecule has 2 heterocycles. The number of carbonyl (C=O) groups excluding carboxylic acids is 1. The molecular formula is C19H19F3N2O3. The summed E-state index contributed by atoms with van der Waals surface area (Å²) < 4.78 is 48.8. The van der Waals surface area contributed by atoms with Crippen molar-refractivity contribution >= 4 is 5.91 Å². The van der Waals surface area contributed by atoms with Gasteiger partial charge in [-0.1, -0.05) is 18.2 Å². The largest absolute Gasteiger partial charge is 0.496 e. The summed E-state index contributed by atoms with van der Waals surface area (Å²) in [5.41, 5.74) is -0.500. The zero-order valence-electron chi connectivity index (χ0n) is 14.7. The average molecular weight is 380 g/mol. The molecule has 0 aliphatic carbocycles. The van der Waals surface area contributed by atoms with Gasteiger partial charge in [-0.25, -0.2) is 4.98 Å². The average Bonchev–Trinajstić information content (AvgIpc) is 3.14. The summed E-state index contributed by atoms with van der Waals surface area (Å²) in [5.74, 6) is 0.335. The molecular weight excluding hydrogens is 361 g/mol. The van der Waals surface area contributed by atoms with Crippen LogP contribution in [0.4, 0.5) is 13.2 Å². The standard InChI is InChI=1S/C19H19F3N2O3/c1-26-15-6-3-2-5-14(15)18(25)24-10-9-13(11-24)12-27-17-8-4-7-16(23-17)19(20,21)22/h2-8,13H,9-12H2,1H3. The number of methoxy groups -OCH3 is 1. The molecule has 0 spiro atoms.